The summed E-state index contributed by atoms with van der Waals surface area (Å²) >= 11 is 0. The molecule has 6 aliphatic heterocycles. The van der Waals surface area contributed by atoms with Crippen LogP contribution in [0.2, 0.25) is 0 Å². The van der Waals surface area contributed by atoms with Crippen molar-refractivity contribution in [2.75, 3.05) is 19.8 Å². The molecule has 98 heavy (non-hydrogen) atoms. The number of aromatic amines is 6. The summed E-state index contributed by atoms with van der Waals surface area (Å²) < 4.78 is 21.1. The first kappa shape index (κ1) is 57.5. The molecule has 15 heterocycles. The van der Waals surface area contributed by atoms with Crippen LogP contribution < -0.4 is 14.2 Å². The van der Waals surface area contributed by atoms with Gasteiger partial charge in [0.1, 0.15) is 37.1 Å². The van der Waals surface area contributed by atoms with Crippen LogP contribution in [0, 0.1) is 5.41 Å². The van der Waals surface area contributed by atoms with Gasteiger partial charge in [0.2, 0.25) is 0 Å². The Morgan fingerprint density at radius 3 is 0.765 bits per heavy atom. The predicted octanol–water partition coefficient (Wildman–Crippen LogP) is 19.1. The molecule has 0 spiro atoms. The van der Waals surface area contributed by atoms with E-state index in [0.717, 1.165) is 168 Å². The SMILES string of the molecule is CC(COc1cccc(-c2c3nc(cc4ccc(cc5nc(cc6ccc2[nH]6)C=C5)[nH]4)C=C3)c1)(COc1cccc(-c2c3nc(cc4ccc(cc5nc(cc6ccc2[nH]6)C=C5)[nH]4)C=C3)c1)COc1cccc(-c2c3nc(cc4ccc(cc5nc(cc6ccc2[nH]6)C=C5)[nH]4)C=C3)c1. The summed E-state index contributed by atoms with van der Waals surface area (Å²) in [6.45, 7) is 2.80. The van der Waals surface area contributed by atoms with Crippen LogP contribution in [-0.4, -0.2) is 79.6 Å². The molecule has 15 nitrogen and oxygen atoms in total. The van der Waals surface area contributed by atoms with Crippen LogP contribution in [-0.2, 0) is 0 Å². The lowest BCUT2D eigenvalue weighted by Gasteiger charge is -2.29. The van der Waals surface area contributed by atoms with Crippen molar-refractivity contribution in [2.24, 2.45) is 5.41 Å². The molecule has 9 aromatic heterocycles. The third-order valence-electron chi connectivity index (χ3n) is 17.8. The van der Waals surface area contributed by atoms with Gasteiger partial charge in [-0.05, 0) is 260 Å². The quantitative estimate of drug-likeness (QED) is 0.0689. The second-order valence-electron chi connectivity index (χ2n) is 25.4. The molecule has 12 aromatic rings. The van der Waals surface area contributed by atoms with Gasteiger partial charge in [0, 0.05) is 82.9 Å². The molecule has 0 fully saturated rings. The zero-order valence-electron chi connectivity index (χ0n) is 53.0. The number of hydrogen-bond acceptors (Lipinski definition) is 9. The number of benzene rings is 3. The van der Waals surface area contributed by atoms with Gasteiger partial charge in [-0.1, -0.05) is 36.4 Å². The number of rotatable bonds is 12. The van der Waals surface area contributed by atoms with Crippen molar-refractivity contribution in [2.45, 2.75) is 6.92 Å². The lowest BCUT2D eigenvalue weighted by molar-refractivity contribution is 0.0474. The highest BCUT2D eigenvalue weighted by Gasteiger charge is 2.30. The second-order valence-corrected chi connectivity index (χ2v) is 25.4. The Hall–Kier alpha value is -13.1. The van der Waals surface area contributed by atoms with Crippen LogP contribution in [0.25, 0.3) is 172 Å². The summed E-state index contributed by atoms with van der Waals surface area (Å²) in [4.78, 5) is 51.8. The van der Waals surface area contributed by atoms with Gasteiger partial charge in [-0.25, -0.2) is 29.9 Å². The molecule has 0 amide bonds. The average molecular weight is 1270 g/mol. The van der Waals surface area contributed by atoms with Crippen molar-refractivity contribution in [3.05, 3.63) is 269 Å². The van der Waals surface area contributed by atoms with Crippen molar-refractivity contribution < 1.29 is 14.2 Å². The third-order valence-corrected chi connectivity index (χ3v) is 17.8. The lowest BCUT2D eigenvalue weighted by Crippen LogP contribution is -2.37. The van der Waals surface area contributed by atoms with Crippen LogP contribution in [0.15, 0.2) is 200 Å². The molecule has 0 aliphatic carbocycles. The van der Waals surface area contributed by atoms with E-state index in [9.17, 15) is 0 Å². The number of nitrogens with zero attached hydrogens (tertiary/aromatic N) is 6. The number of fused-ring (bicyclic) bond motifs is 24. The maximum Gasteiger partial charge on any atom is 0.119 e. The first-order chi connectivity index (χ1) is 48.1. The summed E-state index contributed by atoms with van der Waals surface area (Å²) in [5.41, 5.74) is 26.1. The van der Waals surface area contributed by atoms with Crippen LogP contribution in [0.3, 0.4) is 0 Å². The molecule has 6 N–H and O–H groups in total. The molecule has 0 unspecified atom stereocenters. The largest absolute Gasteiger partial charge is 0.493 e. The average Bonchev–Trinajstić information content (AvgIpc) is 1.70. The van der Waals surface area contributed by atoms with Crippen molar-refractivity contribution >= 4 is 139 Å². The number of hydrogen-bond donors (Lipinski definition) is 6. The van der Waals surface area contributed by atoms with Gasteiger partial charge >= 0.3 is 0 Å². The van der Waals surface area contributed by atoms with Gasteiger partial charge in [0.25, 0.3) is 0 Å². The minimum atomic E-state index is -0.758. The Balaban J connectivity index is 0.705. The molecule has 0 atom stereocenters. The van der Waals surface area contributed by atoms with Gasteiger partial charge < -0.3 is 44.1 Å². The Bertz CT molecular complexity index is 5440. The standard InChI is InChI=1S/C83H60N12O3/c1-83(47-96-71-8-2-5-50(35-71)80-74-29-23-65(90-74)41-59-17-11-53(84-59)38-54-12-18-60(85-54)42-66-24-30-75(80)91-66,48-97-72-9-3-6-51(36-72)81-76-31-25-67(92-76)43-61-19-13-55(86-61)39-56-14-20-62(87-56)44-68-26-32-77(81)93-68)49-98-73-10-4-7-52(37-73)82-78-33-27-69(94-78)45-63-21-15-57(88-63)40-58-16-22-64(89-58)46-70-28-34-79(82)95-70/h2-46,84,86,88,91,93,95H,47-49H2,1H3. The summed E-state index contributed by atoms with van der Waals surface area (Å²) in [7, 11) is 0. The van der Waals surface area contributed by atoms with Gasteiger partial charge in [0.05, 0.1) is 73.7 Å². The highest BCUT2D eigenvalue weighted by molar-refractivity contribution is 5.95. The Labute approximate surface area is 561 Å². The number of aromatic nitrogens is 12. The van der Waals surface area contributed by atoms with Crippen molar-refractivity contribution in [1.29, 1.82) is 0 Å². The van der Waals surface area contributed by atoms with E-state index in [1.54, 1.807) is 0 Å². The smallest absolute Gasteiger partial charge is 0.119 e. The van der Waals surface area contributed by atoms with E-state index in [2.05, 4.69) is 201 Å². The van der Waals surface area contributed by atoms with Crippen molar-refractivity contribution in [1.82, 2.24) is 59.8 Å². The van der Waals surface area contributed by atoms with Crippen molar-refractivity contribution in [3.8, 4) is 50.6 Å². The minimum Gasteiger partial charge on any atom is -0.493 e. The third kappa shape index (κ3) is 12.0. The molecule has 0 saturated heterocycles. The molecular formula is C83H60N12O3. The fraction of sp³-hybridized carbons (Fsp3) is 0.0602. The van der Waals surface area contributed by atoms with Crippen LogP contribution in [0.1, 0.15) is 75.3 Å². The van der Waals surface area contributed by atoms with E-state index in [4.69, 9.17) is 44.1 Å². The first-order valence-electron chi connectivity index (χ1n) is 32.6. The maximum absolute atomic E-state index is 7.02. The van der Waals surface area contributed by atoms with Crippen LogP contribution >= 0.6 is 0 Å². The Kier molecular flexibility index (Phi) is 14.1. The normalized spacial score (nSPS) is 12.8. The van der Waals surface area contributed by atoms with Gasteiger partial charge in [-0.2, -0.15) is 0 Å². The molecule has 24 bridgehead atoms. The Morgan fingerprint density at radius 2 is 0.490 bits per heavy atom. The van der Waals surface area contributed by atoms with Crippen molar-refractivity contribution in [3.63, 3.8) is 0 Å². The molecular weight excluding hydrogens is 1210 g/mol. The molecule has 470 valence electrons. The summed E-state index contributed by atoms with van der Waals surface area (Å²) in [6, 6.07) is 68.0. The molecule has 15 heteroatoms. The molecule has 18 rings (SSSR count). The number of ether oxygens (including phenoxy) is 3. The van der Waals surface area contributed by atoms with E-state index in [1.807, 2.05) is 109 Å². The topological polar surface area (TPSA) is 200 Å². The molecule has 3 aromatic carbocycles. The highest BCUT2D eigenvalue weighted by Crippen LogP contribution is 2.38. The van der Waals surface area contributed by atoms with Gasteiger partial charge in [0.15, 0.2) is 0 Å². The fourth-order valence-corrected chi connectivity index (χ4v) is 13.1. The number of H-pyrrole nitrogens is 6. The fourth-order valence-electron chi connectivity index (χ4n) is 13.1. The van der Waals surface area contributed by atoms with E-state index >= 15 is 0 Å². The summed E-state index contributed by atoms with van der Waals surface area (Å²) in [6.07, 6.45) is 24.5. The summed E-state index contributed by atoms with van der Waals surface area (Å²) in [5.74, 6) is 2.01. The maximum atomic E-state index is 7.02. The molecule has 0 saturated carbocycles. The number of nitrogens with one attached hydrogen (secondary N) is 6. The lowest BCUT2D eigenvalue weighted by atomic mass is 9.94. The Morgan fingerprint density at radius 1 is 0.255 bits per heavy atom. The first-order valence-corrected chi connectivity index (χ1v) is 32.6. The monoisotopic (exact) mass is 1270 g/mol. The van der Waals surface area contributed by atoms with Crippen LogP contribution in [0.5, 0.6) is 17.2 Å². The summed E-state index contributed by atoms with van der Waals surface area (Å²) in [5, 5.41) is 0. The van der Waals surface area contributed by atoms with E-state index < -0.39 is 5.41 Å². The zero-order chi connectivity index (χ0) is 65.1. The molecule has 0 radical (unpaired) electrons. The van der Waals surface area contributed by atoms with Crippen LogP contribution in [0.4, 0.5) is 0 Å². The second kappa shape index (κ2) is 24.0. The van der Waals surface area contributed by atoms with E-state index in [0.29, 0.717) is 17.2 Å². The van der Waals surface area contributed by atoms with E-state index in [1.165, 1.54) is 0 Å². The zero-order valence-corrected chi connectivity index (χ0v) is 53.0. The van der Waals surface area contributed by atoms with Gasteiger partial charge in [-0.15, -0.1) is 0 Å². The highest BCUT2D eigenvalue weighted by atomic mass is 16.5. The van der Waals surface area contributed by atoms with Gasteiger partial charge in [-0.3, -0.25) is 0 Å². The van der Waals surface area contributed by atoms with E-state index in [-0.39, 0.29) is 19.8 Å². The minimum absolute atomic E-state index is 0.219. The molecule has 6 aliphatic rings. The predicted molar refractivity (Wildman–Crippen MR) is 397 cm³/mol.